The Hall–Kier alpha value is -1.34. The molecule has 0 radical (unpaired) electrons. The van der Waals surface area contributed by atoms with Crippen molar-refractivity contribution in [3.05, 3.63) is 48.0 Å². The molecule has 1 N–H and O–H groups in total. The summed E-state index contributed by atoms with van der Waals surface area (Å²) in [6.07, 6.45) is 0. The van der Waals surface area contributed by atoms with Crippen LogP contribution in [0.1, 0.15) is 10.4 Å². The third-order valence-electron chi connectivity index (χ3n) is 2.02. The van der Waals surface area contributed by atoms with Crippen LogP contribution in [0.5, 0.6) is 0 Å². The minimum atomic E-state index is -0.878. The van der Waals surface area contributed by atoms with Crippen LogP contribution in [0, 0.1) is 0 Å². The molecule has 3 heteroatoms. The molecule has 0 bridgehead atoms. The minimum absolute atomic E-state index is 0. The van der Waals surface area contributed by atoms with Gasteiger partial charge < -0.3 is 5.11 Å². The number of aromatic carboxylic acids is 1. The van der Waals surface area contributed by atoms with Crippen LogP contribution in [-0.4, -0.2) is 11.1 Å². The van der Waals surface area contributed by atoms with Crippen molar-refractivity contribution in [1.82, 2.24) is 0 Å². The molecule has 0 saturated heterocycles. The first-order valence-corrected chi connectivity index (χ1v) is 4.00. The zero-order chi connectivity index (χ0) is 9.26. The van der Waals surface area contributed by atoms with E-state index < -0.39 is 5.97 Å². The summed E-state index contributed by atoms with van der Waals surface area (Å²) in [5.74, 6) is -0.878. The number of carboxylic acids is 1. The summed E-state index contributed by atoms with van der Waals surface area (Å²) >= 11 is 0. The van der Waals surface area contributed by atoms with Gasteiger partial charge in [-0.3, -0.25) is 0 Å². The number of benzene rings is 2. The van der Waals surface area contributed by atoms with Crippen LogP contribution < -0.4 is 0 Å². The van der Waals surface area contributed by atoms with Gasteiger partial charge in [-0.05, 0) is 16.8 Å². The maximum absolute atomic E-state index is 10.8. The molecule has 0 heterocycles. The number of carbonyl (C=O) groups is 1. The zero-order valence-electron chi connectivity index (χ0n) is 7.21. The molecular weight excluding hydrogens is 223 g/mol. The molecule has 0 aliphatic rings. The summed E-state index contributed by atoms with van der Waals surface area (Å²) < 4.78 is 0. The first kappa shape index (κ1) is 10.7. The second-order valence-electron chi connectivity index (χ2n) is 2.83. The van der Waals surface area contributed by atoms with Crippen molar-refractivity contribution in [1.29, 1.82) is 0 Å². The predicted octanol–water partition coefficient (Wildman–Crippen LogP) is 2.54. The van der Waals surface area contributed by atoms with E-state index in [4.69, 9.17) is 5.11 Å². The molecule has 0 aliphatic heterocycles. The smallest absolute Gasteiger partial charge is 0.336 e. The standard InChI is InChI=1S/C11H8O2.Ni/c12-11(13)10-7-3-5-8-4-1-2-6-9(8)10;/h1-7H,(H,12,13);. The average molecular weight is 231 g/mol. The first-order valence-electron chi connectivity index (χ1n) is 4.00. The van der Waals surface area contributed by atoms with Crippen LogP contribution in [0.4, 0.5) is 0 Å². The summed E-state index contributed by atoms with van der Waals surface area (Å²) in [7, 11) is 0. The molecule has 14 heavy (non-hydrogen) atoms. The van der Waals surface area contributed by atoms with Crippen molar-refractivity contribution in [3.8, 4) is 0 Å². The SMILES string of the molecule is O=C(O)c1cccc2ccccc12.[Ni]. The average Bonchev–Trinajstić information content (AvgIpc) is 2.17. The van der Waals surface area contributed by atoms with Gasteiger partial charge in [0.15, 0.2) is 0 Å². The van der Waals surface area contributed by atoms with Crippen LogP contribution in [0.2, 0.25) is 0 Å². The largest absolute Gasteiger partial charge is 0.478 e. The van der Waals surface area contributed by atoms with Crippen molar-refractivity contribution in [3.63, 3.8) is 0 Å². The van der Waals surface area contributed by atoms with Crippen LogP contribution in [0.15, 0.2) is 42.5 Å². The van der Waals surface area contributed by atoms with E-state index >= 15 is 0 Å². The van der Waals surface area contributed by atoms with Gasteiger partial charge >= 0.3 is 5.97 Å². The third-order valence-corrected chi connectivity index (χ3v) is 2.02. The number of rotatable bonds is 1. The second-order valence-corrected chi connectivity index (χ2v) is 2.83. The molecule has 74 valence electrons. The predicted molar refractivity (Wildman–Crippen MR) is 50.9 cm³/mol. The molecule has 2 aromatic rings. The van der Waals surface area contributed by atoms with Gasteiger partial charge in [0.05, 0.1) is 5.56 Å². The van der Waals surface area contributed by atoms with Gasteiger partial charge in [0.2, 0.25) is 0 Å². The topological polar surface area (TPSA) is 37.3 Å². The summed E-state index contributed by atoms with van der Waals surface area (Å²) in [6, 6.07) is 12.7. The molecular formula is C11H8NiO2. The Morgan fingerprint density at radius 2 is 1.64 bits per heavy atom. The first-order chi connectivity index (χ1) is 6.29. The zero-order valence-corrected chi connectivity index (χ0v) is 8.20. The maximum atomic E-state index is 10.8. The van der Waals surface area contributed by atoms with Gasteiger partial charge in [0.25, 0.3) is 0 Å². The number of fused-ring (bicyclic) bond motifs is 1. The van der Waals surface area contributed by atoms with E-state index in [-0.39, 0.29) is 16.5 Å². The quantitative estimate of drug-likeness (QED) is 0.765. The van der Waals surface area contributed by atoms with E-state index in [0.29, 0.717) is 5.56 Å². The molecule has 0 spiro atoms. The van der Waals surface area contributed by atoms with Crippen LogP contribution in [-0.2, 0) is 16.5 Å². The van der Waals surface area contributed by atoms with Gasteiger partial charge in [-0.15, -0.1) is 0 Å². The van der Waals surface area contributed by atoms with Gasteiger partial charge in [0.1, 0.15) is 0 Å². The van der Waals surface area contributed by atoms with Gasteiger partial charge in [-0.25, -0.2) is 4.79 Å². The summed E-state index contributed by atoms with van der Waals surface area (Å²) in [4.78, 5) is 10.8. The van der Waals surface area contributed by atoms with Crippen LogP contribution in [0.25, 0.3) is 10.8 Å². The fourth-order valence-corrected chi connectivity index (χ4v) is 1.41. The molecule has 0 atom stereocenters. The Balaban J connectivity index is 0.000000980. The minimum Gasteiger partial charge on any atom is -0.478 e. The van der Waals surface area contributed by atoms with Gasteiger partial charge in [-0.2, -0.15) is 0 Å². The van der Waals surface area contributed by atoms with E-state index in [2.05, 4.69) is 0 Å². The van der Waals surface area contributed by atoms with Crippen LogP contribution >= 0.6 is 0 Å². The Labute approximate surface area is 91.5 Å². The monoisotopic (exact) mass is 230 g/mol. The molecule has 0 amide bonds. The summed E-state index contributed by atoms with van der Waals surface area (Å²) in [6.45, 7) is 0. The molecule has 2 nitrogen and oxygen atoms in total. The maximum Gasteiger partial charge on any atom is 0.336 e. The molecule has 0 aromatic heterocycles. The van der Waals surface area contributed by atoms with Crippen molar-refractivity contribution in [2.24, 2.45) is 0 Å². The molecule has 0 fully saturated rings. The van der Waals surface area contributed by atoms with E-state index in [1.807, 2.05) is 30.3 Å². The van der Waals surface area contributed by atoms with Crippen LogP contribution in [0.3, 0.4) is 0 Å². The molecule has 0 saturated carbocycles. The Morgan fingerprint density at radius 1 is 1.00 bits per heavy atom. The molecule has 2 aromatic carbocycles. The Bertz CT molecular complexity index is 460. The Morgan fingerprint density at radius 3 is 2.36 bits per heavy atom. The summed E-state index contributed by atoms with van der Waals surface area (Å²) in [5.41, 5.74) is 0.359. The normalized spacial score (nSPS) is 9.43. The summed E-state index contributed by atoms with van der Waals surface area (Å²) in [5, 5.41) is 10.6. The van der Waals surface area contributed by atoms with Gasteiger partial charge in [-0.1, -0.05) is 36.4 Å². The van der Waals surface area contributed by atoms with Crippen molar-refractivity contribution >= 4 is 16.7 Å². The van der Waals surface area contributed by atoms with Crippen molar-refractivity contribution in [2.75, 3.05) is 0 Å². The molecule has 2 rings (SSSR count). The molecule has 0 unspecified atom stereocenters. The third kappa shape index (κ3) is 1.78. The van der Waals surface area contributed by atoms with Crippen molar-refractivity contribution in [2.45, 2.75) is 0 Å². The van der Waals surface area contributed by atoms with E-state index in [9.17, 15) is 4.79 Å². The van der Waals surface area contributed by atoms with Gasteiger partial charge in [0, 0.05) is 16.5 Å². The fraction of sp³-hybridized carbons (Fsp3) is 0. The molecule has 0 aliphatic carbocycles. The number of carboxylic acid groups (broad SMARTS) is 1. The van der Waals surface area contributed by atoms with E-state index in [1.54, 1.807) is 12.1 Å². The number of hydrogen-bond acceptors (Lipinski definition) is 1. The Kier molecular flexibility index (Phi) is 3.26. The van der Waals surface area contributed by atoms with E-state index in [0.717, 1.165) is 10.8 Å². The van der Waals surface area contributed by atoms with E-state index in [1.165, 1.54) is 0 Å². The second kappa shape index (κ2) is 4.25. The fourth-order valence-electron chi connectivity index (χ4n) is 1.41. The number of hydrogen-bond donors (Lipinski definition) is 1. The van der Waals surface area contributed by atoms with Crippen molar-refractivity contribution < 1.29 is 26.4 Å².